The molecular weight excluding hydrogens is 313 g/mol. The predicted octanol–water partition coefficient (Wildman–Crippen LogP) is 2.05. The Labute approximate surface area is 131 Å². The second-order valence-electron chi connectivity index (χ2n) is 4.94. The van der Waals surface area contributed by atoms with Gasteiger partial charge in [0.2, 0.25) is 5.91 Å². The highest BCUT2D eigenvalue weighted by Crippen LogP contribution is 2.29. The fourth-order valence-corrected chi connectivity index (χ4v) is 1.85. The molecule has 0 radical (unpaired) electrons. The number of benzene rings is 1. The molecule has 0 bridgehead atoms. The van der Waals surface area contributed by atoms with Crippen LogP contribution in [-0.2, 0) is 15.8 Å². The van der Waals surface area contributed by atoms with Gasteiger partial charge in [0.05, 0.1) is 5.56 Å². The van der Waals surface area contributed by atoms with Gasteiger partial charge in [0.1, 0.15) is 11.8 Å². The fraction of sp³-hybridized carbons (Fsp3) is 0.400. The number of alkyl halides is 3. The van der Waals surface area contributed by atoms with Crippen LogP contribution in [0.5, 0.6) is 0 Å². The number of nitrogens with two attached hydrogens (primary N) is 1. The first-order valence-corrected chi connectivity index (χ1v) is 6.94. The molecule has 23 heavy (non-hydrogen) atoms. The summed E-state index contributed by atoms with van der Waals surface area (Å²) in [6.45, 7) is 1.66. The monoisotopic (exact) mass is 330 g/mol. The number of hydrogen-bond acceptors (Lipinski definition) is 3. The summed E-state index contributed by atoms with van der Waals surface area (Å²) in [5.41, 5.74) is 3.93. The molecule has 0 aliphatic heterocycles. The number of primary amides is 1. The number of ketones is 1. The average molecular weight is 330 g/mol. The Hall–Kier alpha value is -2.38. The van der Waals surface area contributed by atoms with E-state index in [0.29, 0.717) is 6.07 Å². The molecule has 0 unspecified atom stereocenters. The third kappa shape index (κ3) is 5.72. The first-order valence-electron chi connectivity index (χ1n) is 6.94. The lowest BCUT2D eigenvalue weighted by Gasteiger charge is -2.15. The maximum Gasteiger partial charge on any atom is 0.416 e. The van der Waals surface area contributed by atoms with Crippen molar-refractivity contribution in [3.8, 4) is 0 Å². The molecule has 8 heteroatoms. The quantitative estimate of drug-likeness (QED) is 0.802. The van der Waals surface area contributed by atoms with Crippen molar-refractivity contribution in [3.05, 3.63) is 35.4 Å². The standard InChI is InChI=1S/C15H17F3N2O3/c1-2-11(21)6-7-12(13(19)22)20-14(23)9-4-3-5-10(8-9)15(16,17)18/h3-5,8,12H,2,6-7H2,1H3,(H2,19,22)(H,20,23)/t12-/m0/s1. The fourth-order valence-electron chi connectivity index (χ4n) is 1.85. The second kappa shape index (κ2) is 7.75. The Morgan fingerprint density at radius 1 is 1.26 bits per heavy atom. The van der Waals surface area contributed by atoms with E-state index in [1.54, 1.807) is 6.92 Å². The summed E-state index contributed by atoms with van der Waals surface area (Å²) in [5, 5.41) is 2.26. The van der Waals surface area contributed by atoms with Crippen molar-refractivity contribution in [1.82, 2.24) is 5.32 Å². The van der Waals surface area contributed by atoms with E-state index in [1.807, 2.05) is 0 Å². The molecule has 5 nitrogen and oxygen atoms in total. The molecule has 0 heterocycles. The van der Waals surface area contributed by atoms with Crippen LogP contribution in [0.3, 0.4) is 0 Å². The van der Waals surface area contributed by atoms with Crippen LogP contribution in [0.1, 0.15) is 42.1 Å². The molecule has 0 spiro atoms. The molecular formula is C15H17F3N2O3. The zero-order valence-electron chi connectivity index (χ0n) is 12.4. The molecule has 0 aromatic heterocycles. The summed E-state index contributed by atoms with van der Waals surface area (Å²) in [4.78, 5) is 34.6. The largest absolute Gasteiger partial charge is 0.416 e. The lowest BCUT2D eigenvalue weighted by molar-refractivity contribution is -0.137. The number of carbonyl (C=O) groups is 3. The molecule has 0 aliphatic rings. The number of amides is 2. The van der Waals surface area contributed by atoms with Crippen LogP contribution in [0.25, 0.3) is 0 Å². The van der Waals surface area contributed by atoms with Crippen LogP contribution >= 0.6 is 0 Å². The van der Waals surface area contributed by atoms with E-state index in [1.165, 1.54) is 6.07 Å². The first kappa shape index (κ1) is 18.7. The molecule has 1 atom stereocenters. The summed E-state index contributed by atoms with van der Waals surface area (Å²) >= 11 is 0. The number of halogens is 3. The molecule has 0 aliphatic carbocycles. The number of rotatable bonds is 7. The number of nitrogens with one attached hydrogen (secondary N) is 1. The molecule has 0 saturated carbocycles. The van der Waals surface area contributed by atoms with Crippen LogP contribution in [0.2, 0.25) is 0 Å². The minimum atomic E-state index is -4.58. The summed E-state index contributed by atoms with van der Waals surface area (Å²) in [6.07, 6.45) is -4.24. The van der Waals surface area contributed by atoms with E-state index in [4.69, 9.17) is 5.73 Å². The number of carbonyl (C=O) groups excluding carboxylic acids is 3. The van der Waals surface area contributed by atoms with Crippen LogP contribution in [-0.4, -0.2) is 23.6 Å². The smallest absolute Gasteiger partial charge is 0.368 e. The van der Waals surface area contributed by atoms with Crippen molar-refractivity contribution in [2.24, 2.45) is 5.73 Å². The van der Waals surface area contributed by atoms with Gasteiger partial charge in [-0.05, 0) is 24.6 Å². The van der Waals surface area contributed by atoms with Crippen LogP contribution in [0.4, 0.5) is 13.2 Å². The van der Waals surface area contributed by atoms with E-state index in [0.717, 1.165) is 12.1 Å². The summed E-state index contributed by atoms with van der Waals surface area (Å²) in [5.74, 6) is -1.82. The zero-order chi connectivity index (χ0) is 17.6. The maximum absolute atomic E-state index is 12.6. The van der Waals surface area contributed by atoms with Crippen molar-refractivity contribution in [1.29, 1.82) is 0 Å². The Kier molecular flexibility index (Phi) is 6.29. The topological polar surface area (TPSA) is 89.3 Å². The van der Waals surface area contributed by atoms with Crippen molar-refractivity contribution in [2.45, 2.75) is 38.4 Å². The van der Waals surface area contributed by atoms with Crippen LogP contribution in [0.15, 0.2) is 24.3 Å². The third-order valence-corrected chi connectivity index (χ3v) is 3.21. The highest BCUT2D eigenvalue weighted by molar-refractivity contribution is 5.97. The normalized spacial score (nSPS) is 12.5. The molecule has 0 saturated heterocycles. The van der Waals surface area contributed by atoms with E-state index in [9.17, 15) is 27.6 Å². The van der Waals surface area contributed by atoms with Gasteiger partial charge in [0.25, 0.3) is 5.91 Å². The van der Waals surface area contributed by atoms with Crippen molar-refractivity contribution in [2.75, 3.05) is 0 Å². The zero-order valence-corrected chi connectivity index (χ0v) is 12.4. The van der Waals surface area contributed by atoms with Crippen molar-refractivity contribution in [3.63, 3.8) is 0 Å². The highest BCUT2D eigenvalue weighted by Gasteiger charge is 2.31. The third-order valence-electron chi connectivity index (χ3n) is 3.21. The van der Waals surface area contributed by atoms with Crippen molar-refractivity contribution >= 4 is 17.6 Å². The van der Waals surface area contributed by atoms with Gasteiger partial charge in [-0.25, -0.2) is 0 Å². The van der Waals surface area contributed by atoms with Crippen molar-refractivity contribution < 1.29 is 27.6 Å². The Morgan fingerprint density at radius 3 is 2.43 bits per heavy atom. The lowest BCUT2D eigenvalue weighted by Crippen LogP contribution is -2.44. The van der Waals surface area contributed by atoms with Gasteiger partial charge in [-0.3, -0.25) is 14.4 Å². The van der Waals surface area contributed by atoms with Gasteiger partial charge in [0.15, 0.2) is 0 Å². The predicted molar refractivity (Wildman–Crippen MR) is 76.4 cm³/mol. The minimum Gasteiger partial charge on any atom is -0.368 e. The molecule has 126 valence electrons. The molecule has 1 aromatic rings. The van der Waals surface area contributed by atoms with Gasteiger partial charge >= 0.3 is 6.18 Å². The maximum atomic E-state index is 12.6. The Morgan fingerprint density at radius 2 is 1.91 bits per heavy atom. The molecule has 1 rings (SSSR count). The van der Waals surface area contributed by atoms with Gasteiger partial charge in [-0.1, -0.05) is 13.0 Å². The summed E-state index contributed by atoms with van der Waals surface area (Å²) in [6, 6.07) is 2.69. The lowest BCUT2D eigenvalue weighted by atomic mass is 10.1. The average Bonchev–Trinajstić information content (AvgIpc) is 2.49. The second-order valence-corrected chi connectivity index (χ2v) is 4.94. The summed E-state index contributed by atoms with van der Waals surface area (Å²) in [7, 11) is 0. The number of Topliss-reactive ketones (excluding diaryl/α,β-unsaturated/α-hetero) is 1. The SMILES string of the molecule is CCC(=O)CC[C@H](NC(=O)c1cccc(C(F)(F)F)c1)C(N)=O. The van der Waals surface area contributed by atoms with Gasteiger partial charge < -0.3 is 11.1 Å². The molecule has 0 fully saturated rings. The molecule has 2 amide bonds. The molecule has 3 N–H and O–H groups in total. The number of hydrogen-bond donors (Lipinski definition) is 2. The summed E-state index contributed by atoms with van der Waals surface area (Å²) < 4.78 is 37.9. The van der Waals surface area contributed by atoms with E-state index >= 15 is 0 Å². The highest BCUT2D eigenvalue weighted by atomic mass is 19.4. The Balaban J connectivity index is 2.83. The van der Waals surface area contributed by atoms with E-state index in [-0.39, 0.29) is 30.6 Å². The first-order chi connectivity index (χ1) is 10.6. The Bertz CT molecular complexity index is 600. The van der Waals surface area contributed by atoms with Gasteiger partial charge in [0, 0.05) is 18.4 Å². The molecule has 1 aromatic carbocycles. The van der Waals surface area contributed by atoms with Crippen LogP contribution in [0, 0.1) is 0 Å². The van der Waals surface area contributed by atoms with Crippen LogP contribution < -0.4 is 11.1 Å². The van der Waals surface area contributed by atoms with E-state index in [2.05, 4.69) is 5.32 Å². The van der Waals surface area contributed by atoms with E-state index < -0.39 is 29.6 Å². The minimum absolute atomic E-state index is 0.00665. The van der Waals surface area contributed by atoms with Gasteiger partial charge in [-0.15, -0.1) is 0 Å². The van der Waals surface area contributed by atoms with Gasteiger partial charge in [-0.2, -0.15) is 13.2 Å².